The van der Waals surface area contributed by atoms with E-state index < -0.39 is 0 Å². The van der Waals surface area contributed by atoms with E-state index >= 15 is 0 Å². The van der Waals surface area contributed by atoms with Crippen LogP contribution in [0, 0.1) is 0 Å². The zero-order valence-corrected chi connectivity index (χ0v) is 16.1. The van der Waals surface area contributed by atoms with E-state index in [1.165, 1.54) is 0 Å². The number of rotatable bonds is 5. The van der Waals surface area contributed by atoms with Gasteiger partial charge in [-0.3, -0.25) is 4.79 Å². The molecule has 2 aromatic carbocycles. The monoisotopic (exact) mass is 374 g/mol. The molecule has 4 aromatic rings. The number of fused-ring (bicyclic) bond motifs is 1. The number of hydrogen-bond donors (Lipinski definition) is 1. The Labute approximate surface area is 163 Å². The van der Waals surface area contributed by atoms with E-state index in [0.717, 1.165) is 28.0 Å². The lowest BCUT2D eigenvalue weighted by molar-refractivity contribution is 0.0942. The van der Waals surface area contributed by atoms with Crippen molar-refractivity contribution in [1.82, 2.24) is 19.4 Å². The van der Waals surface area contributed by atoms with Gasteiger partial charge in [0.05, 0.1) is 12.7 Å². The molecule has 1 unspecified atom stereocenters. The van der Waals surface area contributed by atoms with E-state index in [2.05, 4.69) is 10.3 Å². The largest absolute Gasteiger partial charge is 0.497 e. The summed E-state index contributed by atoms with van der Waals surface area (Å²) in [6.45, 7) is 0. The Morgan fingerprint density at radius 1 is 1.07 bits per heavy atom. The van der Waals surface area contributed by atoms with Crippen LogP contribution in [0.4, 0.5) is 0 Å². The summed E-state index contributed by atoms with van der Waals surface area (Å²) in [5.74, 6) is 1.39. The molecule has 1 atom stereocenters. The molecule has 0 bridgehead atoms. The molecule has 0 fully saturated rings. The number of carbonyl (C=O) groups is 1. The van der Waals surface area contributed by atoms with Gasteiger partial charge < -0.3 is 19.2 Å². The molecule has 0 radical (unpaired) electrons. The number of aromatic nitrogens is 3. The Kier molecular flexibility index (Phi) is 4.61. The Bertz CT molecular complexity index is 1130. The number of aryl methyl sites for hydroxylation is 2. The quantitative estimate of drug-likeness (QED) is 0.582. The van der Waals surface area contributed by atoms with Gasteiger partial charge in [0.2, 0.25) is 0 Å². The minimum Gasteiger partial charge on any atom is -0.497 e. The van der Waals surface area contributed by atoms with Crippen LogP contribution in [-0.4, -0.2) is 27.1 Å². The summed E-state index contributed by atoms with van der Waals surface area (Å²) >= 11 is 0. The zero-order chi connectivity index (χ0) is 19.7. The minimum absolute atomic E-state index is 0.138. The van der Waals surface area contributed by atoms with Gasteiger partial charge in [0, 0.05) is 43.6 Å². The Morgan fingerprint density at radius 2 is 1.82 bits per heavy atom. The van der Waals surface area contributed by atoms with E-state index in [4.69, 9.17) is 4.74 Å². The van der Waals surface area contributed by atoms with Gasteiger partial charge in [0.1, 0.15) is 17.6 Å². The lowest BCUT2D eigenvalue weighted by Crippen LogP contribution is -2.31. The van der Waals surface area contributed by atoms with Crippen molar-refractivity contribution in [3.05, 3.63) is 84.1 Å². The molecule has 2 heterocycles. The average Bonchev–Trinajstić information content (AvgIpc) is 3.30. The van der Waals surface area contributed by atoms with Crippen LogP contribution in [0.3, 0.4) is 0 Å². The standard InChI is InChI=1S/C22H22N4O2/c1-25-13-12-23-21(25)20(15-8-10-16(28-3)11-9-15)24-22(27)18-14-26(2)19-7-5-4-6-17(18)19/h4-14,20H,1-3H3,(H,24,27). The molecule has 0 spiro atoms. The third-order valence-electron chi connectivity index (χ3n) is 4.98. The first-order valence-corrected chi connectivity index (χ1v) is 9.04. The van der Waals surface area contributed by atoms with E-state index in [-0.39, 0.29) is 11.9 Å². The SMILES string of the molecule is COc1ccc(C(NC(=O)c2cn(C)c3ccccc23)c2nccn2C)cc1. The van der Waals surface area contributed by atoms with Gasteiger partial charge in [-0.15, -0.1) is 0 Å². The summed E-state index contributed by atoms with van der Waals surface area (Å²) in [7, 11) is 5.50. The van der Waals surface area contributed by atoms with Crippen LogP contribution in [0.25, 0.3) is 10.9 Å². The van der Waals surface area contributed by atoms with Crippen molar-refractivity contribution in [3.8, 4) is 5.75 Å². The number of nitrogens with zero attached hydrogens (tertiary/aromatic N) is 3. The van der Waals surface area contributed by atoms with Gasteiger partial charge >= 0.3 is 0 Å². The molecule has 0 aliphatic carbocycles. The maximum Gasteiger partial charge on any atom is 0.254 e. The highest BCUT2D eigenvalue weighted by molar-refractivity contribution is 6.07. The van der Waals surface area contributed by atoms with Crippen LogP contribution in [-0.2, 0) is 14.1 Å². The number of amides is 1. The molecule has 0 saturated heterocycles. The fraction of sp³-hybridized carbons (Fsp3) is 0.182. The van der Waals surface area contributed by atoms with Crippen LogP contribution < -0.4 is 10.1 Å². The fourth-order valence-electron chi connectivity index (χ4n) is 3.48. The molecule has 1 amide bonds. The first kappa shape index (κ1) is 17.9. The van der Waals surface area contributed by atoms with E-state index in [0.29, 0.717) is 5.56 Å². The summed E-state index contributed by atoms with van der Waals surface area (Å²) in [5, 5.41) is 4.09. The second-order valence-electron chi connectivity index (χ2n) is 6.75. The molecule has 6 nitrogen and oxygen atoms in total. The highest BCUT2D eigenvalue weighted by atomic mass is 16.5. The summed E-state index contributed by atoms with van der Waals surface area (Å²) in [4.78, 5) is 17.7. The topological polar surface area (TPSA) is 61.1 Å². The van der Waals surface area contributed by atoms with Crippen molar-refractivity contribution in [2.45, 2.75) is 6.04 Å². The zero-order valence-electron chi connectivity index (χ0n) is 16.1. The van der Waals surface area contributed by atoms with Gasteiger partial charge in [0.15, 0.2) is 0 Å². The van der Waals surface area contributed by atoms with Crippen molar-refractivity contribution in [1.29, 1.82) is 0 Å². The van der Waals surface area contributed by atoms with Crippen molar-refractivity contribution in [2.75, 3.05) is 7.11 Å². The van der Waals surface area contributed by atoms with Gasteiger partial charge in [0.25, 0.3) is 5.91 Å². The Hall–Kier alpha value is -3.54. The number of imidazole rings is 1. The van der Waals surface area contributed by atoms with Crippen molar-refractivity contribution >= 4 is 16.8 Å². The van der Waals surface area contributed by atoms with Crippen molar-refractivity contribution in [2.24, 2.45) is 14.1 Å². The number of benzene rings is 2. The first-order valence-electron chi connectivity index (χ1n) is 9.04. The summed E-state index contributed by atoms with van der Waals surface area (Å²) in [6, 6.07) is 15.2. The molecule has 0 saturated carbocycles. The van der Waals surface area contributed by atoms with Crippen molar-refractivity contribution in [3.63, 3.8) is 0 Å². The highest BCUT2D eigenvalue weighted by Gasteiger charge is 2.23. The number of methoxy groups -OCH3 is 1. The lowest BCUT2D eigenvalue weighted by atomic mass is 10.0. The summed E-state index contributed by atoms with van der Waals surface area (Å²) in [5.41, 5.74) is 2.60. The number of para-hydroxylation sites is 1. The van der Waals surface area contributed by atoms with Crippen LogP contribution in [0.1, 0.15) is 27.8 Å². The fourth-order valence-corrected chi connectivity index (χ4v) is 3.48. The Morgan fingerprint density at radius 3 is 2.50 bits per heavy atom. The smallest absolute Gasteiger partial charge is 0.254 e. The summed E-state index contributed by atoms with van der Waals surface area (Å²) in [6.07, 6.45) is 5.47. The molecular formula is C22H22N4O2. The molecule has 6 heteroatoms. The second kappa shape index (κ2) is 7.23. The van der Waals surface area contributed by atoms with Gasteiger partial charge in [-0.1, -0.05) is 30.3 Å². The van der Waals surface area contributed by atoms with Crippen LogP contribution in [0.15, 0.2) is 67.1 Å². The van der Waals surface area contributed by atoms with E-state index in [1.54, 1.807) is 13.3 Å². The molecular weight excluding hydrogens is 352 g/mol. The predicted molar refractivity (Wildman–Crippen MR) is 108 cm³/mol. The molecule has 0 aliphatic heterocycles. The number of hydrogen-bond acceptors (Lipinski definition) is 3. The van der Waals surface area contributed by atoms with Gasteiger partial charge in [-0.25, -0.2) is 4.98 Å². The lowest BCUT2D eigenvalue weighted by Gasteiger charge is -2.19. The average molecular weight is 374 g/mol. The third kappa shape index (κ3) is 3.13. The predicted octanol–water partition coefficient (Wildman–Crippen LogP) is 3.44. The third-order valence-corrected chi connectivity index (χ3v) is 4.98. The normalized spacial score (nSPS) is 12.1. The first-order chi connectivity index (χ1) is 13.6. The molecule has 28 heavy (non-hydrogen) atoms. The Balaban J connectivity index is 1.72. The van der Waals surface area contributed by atoms with Gasteiger partial charge in [-0.05, 0) is 23.8 Å². The van der Waals surface area contributed by atoms with Crippen LogP contribution in [0.2, 0.25) is 0 Å². The molecule has 2 aromatic heterocycles. The number of carbonyl (C=O) groups excluding carboxylic acids is 1. The molecule has 1 N–H and O–H groups in total. The maximum atomic E-state index is 13.2. The summed E-state index contributed by atoms with van der Waals surface area (Å²) < 4.78 is 9.13. The van der Waals surface area contributed by atoms with Crippen LogP contribution >= 0.6 is 0 Å². The van der Waals surface area contributed by atoms with Crippen LogP contribution in [0.5, 0.6) is 5.75 Å². The minimum atomic E-state index is -0.377. The molecule has 142 valence electrons. The second-order valence-corrected chi connectivity index (χ2v) is 6.75. The van der Waals surface area contributed by atoms with E-state index in [9.17, 15) is 4.79 Å². The molecule has 4 rings (SSSR count). The molecule has 0 aliphatic rings. The van der Waals surface area contributed by atoms with E-state index in [1.807, 2.05) is 84.2 Å². The highest BCUT2D eigenvalue weighted by Crippen LogP contribution is 2.25. The number of nitrogens with one attached hydrogen (secondary N) is 1. The van der Waals surface area contributed by atoms with Gasteiger partial charge in [-0.2, -0.15) is 0 Å². The van der Waals surface area contributed by atoms with Crippen molar-refractivity contribution < 1.29 is 9.53 Å². The maximum absolute atomic E-state index is 13.2. The number of ether oxygens (including phenoxy) is 1.